The van der Waals surface area contributed by atoms with Gasteiger partial charge in [-0.25, -0.2) is 0 Å². The van der Waals surface area contributed by atoms with Crippen molar-refractivity contribution in [2.45, 2.75) is 65.6 Å². The molecule has 30 heavy (non-hydrogen) atoms. The lowest BCUT2D eigenvalue weighted by Gasteiger charge is -2.30. The molecule has 2 aromatic carbocycles. The molecule has 0 bridgehead atoms. The average molecular weight is 411 g/mol. The van der Waals surface area contributed by atoms with Gasteiger partial charge in [0.15, 0.2) is 0 Å². The summed E-state index contributed by atoms with van der Waals surface area (Å²) < 4.78 is 5.21. The summed E-state index contributed by atoms with van der Waals surface area (Å²) in [5, 5.41) is 3.00. The Hall–Kier alpha value is -2.82. The summed E-state index contributed by atoms with van der Waals surface area (Å²) in [6.07, 6.45) is 1.86. The van der Waals surface area contributed by atoms with Crippen molar-refractivity contribution in [3.8, 4) is 5.75 Å². The SMILES string of the molecule is CC[C@@H](C)NC(=O)[C@H](C)N(Cc1ccc(OC)cc1)C(=O)CCc1ccc(C)cc1. The van der Waals surface area contributed by atoms with Crippen LogP contribution in [0.1, 0.15) is 50.3 Å². The molecule has 0 saturated heterocycles. The van der Waals surface area contributed by atoms with Crippen LogP contribution in [0, 0.1) is 6.92 Å². The van der Waals surface area contributed by atoms with Crippen LogP contribution in [0.2, 0.25) is 0 Å². The molecule has 0 radical (unpaired) electrons. The Morgan fingerprint density at radius 1 is 1.00 bits per heavy atom. The second-order valence-corrected chi connectivity index (χ2v) is 7.85. The Bertz CT molecular complexity index is 815. The third kappa shape index (κ3) is 6.90. The lowest BCUT2D eigenvalue weighted by molar-refractivity contribution is -0.140. The first-order chi connectivity index (χ1) is 14.3. The van der Waals surface area contributed by atoms with Crippen LogP contribution in [0.4, 0.5) is 0 Å². The zero-order chi connectivity index (χ0) is 22.1. The summed E-state index contributed by atoms with van der Waals surface area (Å²) in [5.41, 5.74) is 3.28. The molecule has 5 nitrogen and oxygen atoms in total. The minimum atomic E-state index is -0.549. The maximum absolute atomic E-state index is 13.1. The average Bonchev–Trinajstić information content (AvgIpc) is 2.76. The van der Waals surface area contributed by atoms with Gasteiger partial charge in [-0.2, -0.15) is 0 Å². The molecule has 2 rings (SSSR count). The summed E-state index contributed by atoms with van der Waals surface area (Å²) in [7, 11) is 1.62. The maximum atomic E-state index is 13.1. The molecule has 0 aliphatic rings. The molecule has 2 aromatic rings. The van der Waals surface area contributed by atoms with Crippen LogP contribution >= 0.6 is 0 Å². The Labute approximate surface area is 180 Å². The van der Waals surface area contributed by atoms with Crippen LogP contribution in [0.25, 0.3) is 0 Å². The summed E-state index contributed by atoms with van der Waals surface area (Å²) >= 11 is 0. The molecule has 2 amide bonds. The van der Waals surface area contributed by atoms with Gasteiger partial charge in [-0.1, -0.05) is 48.9 Å². The van der Waals surface area contributed by atoms with Crippen molar-refractivity contribution in [3.05, 3.63) is 65.2 Å². The molecule has 0 spiro atoms. The van der Waals surface area contributed by atoms with Gasteiger partial charge in [-0.15, -0.1) is 0 Å². The van der Waals surface area contributed by atoms with Crippen LogP contribution < -0.4 is 10.1 Å². The van der Waals surface area contributed by atoms with Gasteiger partial charge in [0.2, 0.25) is 11.8 Å². The first-order valence-electron chi connectivity index (χ1n) is 10.6. The lowest BCUT2D eigenvalue weighted by atomic mass is 10.1. The number of ether oxygens (including phenoxy) is 1. The van der Waals surface area contributed by atoms with E-state index in [0.29, 0.717) is 19.4 Å². The van der Waals surface area contributed by atoms with E-state index in [2.05, 4.69) is 29.6 Å². The normalized spacial score (nSPS) is 12.7. The van der Waals surface area contributed by atoms with Crippen LogP contribution in [-0.4, -0.2) is 35.9 Å². The molecular formula is C25H34N2O3. The third-order valence-electron chi connectivity index (χ3n) is 5.43. The predicted octanol–water partition coefficient (Wildman–Crippen LogP) is 4.27. The van der Waals surface area contributed by atoms with Crippen molar-refractivity contribution in [1.82, 2.24) is 10.2 Å². The van der Waals surface area contributed by atoms with Gasteiger partial charge in [0, 0.05) is 19.0 Å². The standard InChI is InChI=1S/C25H34N2O3/c1-6-19(3)26-25(29)20(4)27(17-22-11-14-23(30-5)15-12-22)24(28)16-13-21-9-7-18(2)8-10-21/h7-12,14-15,19-20H,6,13,16-17H2,1-5H3,(H,26,29)/t19-,20+/m1/s1. The fraction of sp³-hybridized carbons (Fsp3) is 0.440. The second kappa shape index (κ2) is 11.4. The number of benzene rings is 2. The van der Waals surface area contributed by atoms with E-state index in [1.807, 2.05) is 45.0 Å². The Balaban J connectivity index is 2.14. The summed E-state index contributed by atoms with van der Waals surface area (Å²) in [6, 6.07) is 15.3. The van der Waals surface area contributed by atoms with E-state index in [0.717, 1.165) is 23.3 Å². The Morgan fingerprint density at radius 2 is 1.60 bits per heavy atom. The highest BCUT2D eigenvalue weighted by Gasteiger charge is 2.26. The molecule has 0 fully saturated rings. The molecule has 0 aromatic heterocycles. The zero-order valence-electron chi connectivity index (χ0n) is 18.8. The van der Waals surface area contributed by atoms with E-state index >= 15 is 0 Å². The monoisotopic (exact) mass is 410 g/mol. The van der Waals surface area contributed by atoms with Crippen molar-refractivity contribution < 1.29 is 14.3 Å². The fourth-order valence-electron chi connectivity index (χ4n) is 3.13. The van der Waals surface area contributed by atoms with Crippen molar-refractivity contribution in [2.75, 3.05) is 7.11 Å². The Kier molecular flexibility index (Phi) is 8.90. The predicted molar refractivity (Wildman–Crippen MR) is 120 cm³/mol. The maximum Gasteiger partial charge on any atom is 0.242 e. The van der Waals surface area contributed by atoms with Gasteiger partial charge in [0.25, 0.3) is 0 Å². The highest BCUT2D eigenvalue weighted by Crippen LogP contribution is 2.16. The lowest BCUT2D eigenvalue weighted by Crippen LogP contribution is -2.49. The number of nitrogens with zero attached hydrogens (tertiary/aromatic N) is 1. The molecular weight excluding hydrogens is 376 g/mol. The quantitative estimate of drug-likeness (QED) is 0.636. The summed E-state index contributed by atoms with van der Waals surface area (Å²) in [4.78, 5) is 27.5. The van der Waals surface area contributed by atoms with E-state index in [1.54, 1.807) is 18.9 Å². The molecule has 0 aliphatic heterocycles. The fourth-order valence-corrected chi connectivity index (χ4v) is 3.13. The van der Waals surface area contributed by atoms with E-state index < -0.39 is 6.04 Å². The summed E-state index contributed by atoms with van der Waals surface area (Å²) in [5.74, 6) is 0.610. The van der Waals surface area contributed by atoms with Gasteiger partial charge in [0.1, 0.15) is 11.8 Å². The molecule has 0 saturated carbocycles. The third-order valence-corrected chi connectivity index (χ3v) is 5.43. The topological polar surface area (TPSA) is 58.6 Å². The van der Waals surface area contributed by atoms with E-state index in [-0.39, 0.29) is 17.9 Å². The van der Waals surface area contributed by atoms with Gasteiger partial charge in [-0.05, 0) is 56.9 Å². The number of carbonyl (C=O) groups excluding carboxylic acids is 2. The Morgan fingerprint density at radius 3 is 2.17 bits per heavy atom. The molecule has 0 unspecified atom stereocenters. The minimum absolute atomic E-state index is 0.0294. The number of hydrogen-bond acceptors (Lipinski definition) is 3. The summed E-state index contributed by atoms with van der Waals surface area (Å²) in [6.45, 7) is 8.22. The van der Waals surface area contributed by atoms with Gasteiger partial charge in [0.05, 0.1) is 7.11 Å². The molecule has 1 N–H and O–H groups in total. The largest absolute Gasteiger partial charge is 0.497 e. The zero-order valence-corrected chi connectivity index (χ0v) is 18.8. The number of aryl methyl sites for hydroxylation is 2. The van der Waals surface area contributed by atoms with Crippen LogP contribution in [0.3, 0.4) is 0 Å². The van der Waals surface area contributed by atoms with Crippen LogP contribution in [-0.2, 0) is 22.6 Å². The number of rotatable bonds is 10. The van der Waals surface area contributed by atoms with E-state index in [1.165, 1.54) is 5.56 Å². The smallest absolute Gasteiger partial charge is 0.242 e. The van der Waals surface area contributed by atoms with Gasteiger partial charge >= 0.3 is 0 Å². The van der Waals surface area contributed by atoms with E-state index in [9.17, 15) is 9.59 Å². The highest BCUT2D eigenvalue weighted by atomic mass is 16.5. The number of hydrogen-bond donors (Lipinski definition) is 1. The minimum Gasteiger partial charge on any atom is -0.497 e. The number of methoxy groups -OCH3 is 1. The van der Waals surface area contributed by atoms with E-state index in [4.69, 9.17) is 4.74 Å². The first-order valence-corrected chi connectivity index (χ1v) is 10.6. The van der Waals surface area contributed by atoms with Gasteiger partial charge in [-0.3, -0.25) is 9.59 Å². The van der Waals surface area contributed by atoms with Gasteiger partial charge < -0.3 is 15.0 Å². The first kappa shape index (κ1) is 23.5. The number of carbonyl (C=O) groups is 2. The molecule has 0 heterocycles. The van der Waals surface area contributed by atoms with Crippen molar-refractivity contribution in [1.29, 1.82) is 0 Å². The van der Waals surface area contributed by atoms with Crippen molar-refractivity contribution in [2.24, 2.45) is 0 Å². The second-order valence-electron chi connectivity index (χ2n) is 7.85. The van der Waals surface area contributed by atoms with Crippen LogP contribution in [0.15, 0.2) is 48.5 Å². The number of nitrogens with one attached hydrogen (secondary N) is 1. The molecule has 5 heteroatoms. The highest BCUT2D eigenvalue weighted by molar-refractivity contribution is 5.87. The van der Waals surface area contributed by atoms with Crippen molar-refractivity contribution >= 4 is 11.8 Å². The number of amides is 2. The molecule has 0 aliphatic carbocycles. The van der Waals surface area contributed by atoms with Crippen molar-refractivity contribution in [3.63, 3.8) is 0 Å². The molecule has 162 valence electrons. The molecule has 2 atom stereocenters. The van der Waals surface area contributed by atoms with Crippen LogP contribution in [0.5, 0.6) is 5.75 Å².